The molecule has 0 aliphatic carbocycles. The highest BCUT2D eigenvalue weighted by Crippen LogP contribution is 2.16. The summed E-state index contributed by atoms with van der Waals surface area (Å²) in [5.74, 6) is 2.60. The lowest BCUT2D eigenvalue weighted by molar-refractivity contribution is -0.142. The first kappa shape index (κ1) is 22.9. The summed E-state index contributed by atoms with van der Waals surface area (Å²) in [6, 6.07) is 0. The number of guanidine groups is 1. The molecule has 0 spiro atoms. The van der Waals surface area contributed by atoms with E-state index in [1.807, 2.05) is 18.7 Å². The summed E-state index contributed by atoms with van der Waals surface area (Å²) in [5.41, 5.74) is 0. The molecule has 0 aromatic carbocycles. The third-order valence-corrected chi connectivity index (χ3v) is 4.93. The molecule has 1 unspecified atom stereocenters. The maximum atomic E-state index is 12.4. The van der Waals surface area contributed by atoms with Crippen LogP contribution in [0.15, 0.2) is 9.52 Å². The quantitative estimate of drug-likeness (QED) is 0.365. The number of rotatable bonds is 5. The van der Waals surface area contributed by atoms with E-state index in [0.717, 1.165) is 37.7 Å². The number of carbonyl (C=O) groups is 1. The zero-order valence-electron chi connectivity index (χ0n) is 16.9. The van der Waals surface area contributed by atoms with Crippen LogP contribution in [-0.2, 0) is 16.0 Å². The Morgan fingerprint density at radius 1 is 1.29 bits per heavy atom. The molecule has 2 saturated heterocycles. The lowest BCUT2D eigenvalue weighted by Gasteiger charge is -2.37. The Bertz CT molecular complexity index is 652. The number of hydrogen-bond donors (Lipinski definition) is 1. The van der Waals surface area contributed by atoms with E-state index in [9.17, 15) is 4.79 Å². The molecule has 158 valence electrons. The van der Waals surface area contributed by atoms with Crippen LogP contribution in [0.2, 0.25) is 0 Å². The molecule has 1 aromatic rings. The third-order valence-electron chi connectivity index (χ3n) is 4.93. The summed E-state index contributed by atoms with van der Waals surface area (Å²) in [6.45, 7) is 8.36. The maximum Gasteiger partial charge on any atom is 0.251 e. The van der Waals surface area contributed by atoms with Crippen molar-refractivity contribution >= 4 is 35.8 Å². The van der Waals surface area contributed by atoms with Gasteiger partial charge in [0.2, 0.25) is 5.89 Å². The van der Waals surface area contributed by atoms with Gasteiger partial charge in [0.25, 0.3) is 5.91 Å². The van der Waals surface area contributed by atoms with Gasteiger partial charge in [-0.2, -0.15) is 4.98 Å². The first-order valence-corrected chi connectivity index (χ1v) is 9.77. The van der Waals surface area contributed by atoms with Gasteiger partial charge >= 0.3 is 0 Å². The molecule has 9 nitrogen and oxygen atoms in total. The van der Waals surface area contributed by atoms with Gasteiger partial charge in [0.1, 0.15) is 6.10 Å². The largest absolute Gasteiger partial charge is 0.368 e. The molecule has 3 heterocycles. The van der Waals surface area contributed by atoms with E-state index in [2.05, 4.69) is 25.3 Å². The average Bonchev–Trinajstić information content (AvgIpc) is 3.37. The molecular formula is C18H31IN6O3. The zero-order valence-corrected chi connectivity index (χ0v) is 19.2. The monoisotopic (exact) mass is 506 g/mol. The fourth-order valence-electron chi connectivity index (χ4n) is 3.33. The van der Waals surface area contributed by atoms with Gasteiger partial charge < -0.3 is 24.4 Å². The number of nitrogens with one attached hydrogen (secondary N) is 1. The minimum Gasteiger partial charge on any atom is -0.368 e. The zero-order chi connectivity index (χ0) is 19.2. The van der Waals surface area contributed by atoms with Crippen LogP contribution in [0.5, 0.6) is 0 Å². The van der Waals surface area contributed by atoms with Gasteiger partial charge in [0.15, 0.2) is 11.8 Å². The van der Waals surface area contributed by atoms with Crippen molar-refractivity contribution in [3.63, 3.8) is 0 Å². The highest BCUT2D eigenvalue weighted by atomic mass is 127. The van der Waals surface area contributed by atoms with Crippen LogP contribution in [0.25, 0.3) is 0 Å². The van der Waals surface area contributed by atoms with Gasteiger partial charge in [-0.25, -0.2) is 0 Å². The minimum absolute atomic E-state index is 0. The average molecular weight is 506 g/mol. The number of amides is 1. The summed E-state index contributed by atoms with van der Waals surface area (Å²) in [6.07, 6.45) is 2.23. The molecule has 2 fully saturated rings. The van der Waals surface area contributed by atoms with Gasteiger partial charge in [-0.1, -0.05) is 19.0 Å². The molecule has 28 heavy (non-hydrogen) atoms. The Hall–Kier alpha value is -1.43. The standard InChI is InChI=1S/C18H30N6O3.HI/c1-13(2)16-21-15(27-22-16)6-7-20-18(19-3)24-10-8-23(9-11-24)17(25)14-5-4-12-26-14;/h13-14H,4-12H2,1-3H3,(H,19,20);1H. The third kappa shape index (κ3) is 5.79. The number of aromatic nitrogens is 2. The summed E-state index contributed by atoms with van der Waals surface area (Å²) in [7, 11) is 1.77. The predicted molar refractivity (Wildman–Crippen MR) is 116 cm³/mol. The molecule has 0 radical (unpaired) electrons. The summed E-state index contributed by atoms with van der Waals surface area (Å²) < 4.78 is 10.8. The fraction of sp³-hybridized carbons (Fsp3) is 0.778. The van der Waals surface area contributed by atoms with E-state index in [4.69, 9.17) is 9.26 Å². The number of hydrogen-bond acceptors (Lipinski definition) is 6. The molecule has 2 aliphatic heterocycles. The van der Waals surface area contributed by atoms with Crippen LogP contribution in [0, 0.1) is 0 Å². The fourth-order valence-corrected chi connectivity index (χ4v) is 3.33. The summed E-state index contributed by atoms with van der Waals surface area (Å²) >= 11 is 0. The maximum absolute atomic E-state index is 12.4. The van der Waals surface area contributed by atoms with E-state index in [1.54, 1.807) is 7.05 Å². The van der Waals surface area contributed by atoms with Crippen molar-refractivity contribution in [3.8, 4) is 0 Å². The van der Waals surface area contributed by atoms with Crippen molar-refractivity contribution in [3.05, 3.63) is 11.7 Å². The molecule has 3 rings (SSSR count). The number of piperazine rings is 1. The Balaban J connectivity index is 0.00000280. The molecular weight excluding hydrogens is 475 g/mol. The second-order valence-electron chi connectivity index (χ2n) is 7.24. The number of ether oxygens (including phenoxy) is 1. The highest BCUT2D eigenvalue weighted by molar-refractivity contribution is 14.0. The first-order valence-electron chi connectivity index (χ1n) is 9.77. The number of nitrogens with zero attached hydrogens (tertiary/aromatic N) is 5. The van der Waals surface area contributed by atoms with Crippen molar-refractivity contribution in [1.82, 2.24) is 25.3 Å². The lowest BCUT2D eigenvalue weighted by Crippen LogP contribution is -2.55. The first-order chi connectivity index (χ1) is 13.1. The smallest absolute Gasteiger partial charge is 0.251 e. The topological polar surface area (TPSA) is 96.1 Å². The van der Waals surface area contributed by atoms with Crippen molar-refractivity contribution in [2.75, 3.05) is 46.4 Å². The molecule has 1 aromatic heterocycles. The second kappa shape index (κ2) is 10.9. The summed E-state index contributed by atoms with van der Waals surface area (Å²) in [5, 5.41) is 7.32. The van der Waals surface area contributed by atoms with Gasteiger partial charge in [0, 0.05) is 58.7 Å². The number of halogens is 1. The second-order valence-corrected chi connectivity index (χ2v) is 7.24. The molecule has 2 aliphatic rings. The summed E-state index contributed by atoms with van der Waals surface area (Å²) in [4.78, 5) is 25.3. The molecule has 10 heteroatoms. The van der Waals surface area contributed by atoms with Gasteiger partial charge in [-0.3, -0.25) is 9.79 Å². The normalized spacial score (nSPS) is 20.4. The molecule has 1 atom stereocenters. The Kier molecular flexibility index (Phi) is 8.93. The number of carbonyl (C=O) groups excluding carboxylic acids is 1. The molecule has 0 bridgehead atoms. The molecule has 1 N–H and O–H groups in total. The number of aliphatic imine (C=N–C) groups is 1. The van der Waals surface area contributed by atoms with E-state index >= 15 is 0 Å². The predicted octanol–water partition coefficient (Wildman–Crippen LogP) is 1.25. The SMILES string of the molecule is CN=C(NCCc1nc(C(C)C)no1)N1CCN(C(=O)C2CCCO2)CC1.I. The van der Waals surface area contributed by atoms with Crippen LogP contribution in [0.4, 0.5) is 0 Å². The van der Waals surface area contributed by atoms with Crippen molar-refractivity contribution in [2.45, 2.75) is 45.1 Å². The molecule has 1 amide bonds. The van der Waals surface area contributed by atoms with Crippen molar-refractivity contribution < 1.29 is 14.1 Å². The van der Waals surface area contributed by atoms with Crippen LogP contribution >= 0.6 is 24.0 Å². The molecule has 0 saturated carbocycles. The van der Waals surface area contributed by atoms with E-state index in [1.165, 1.54) is 0 Å². The van der Waals surface area contributed by atoms with Crippen LogP contribution in [-0.4, -0.2) is 84.3 Å². The van der Waals surface area contributed by atoms with E-state index in [-0.39, 0.29) is 41.9 Å². The van der Waals surface area contributed by atoms with E-state index < -0.39 is 0 Å². The van der Waals surface area contributed by atoms with Crippen molar-refractivity contribution in [2.24, 2.45) is 4.99 Å². The Labute approximate surface area is 183 Å². The van der Waals surface area contributed by atoms with Gasteiger partial charge in [-0.05, 0) is 12.8 Å². The minimum atomic E-state index is -0.237. The lowest BCUT2D eigenvalue weighted by atomic mass is 10.2. The Morgan fingerprint density at radius 2 is 2.00 bits per heavy atom. The van der Waals surface area contributed by atoms with Crippen LogP contribution in [0.3, 0.4) is 0 Å². The van der Waals surface area contributed by atoms with Crippen LogP contribution < -0.4 is 5.32 Å². The van der Waals surface area contributed by atoms with Gasteiger partial charge in [-0.15, -0.1) is 24.0 Å². The highest BCUT2D eigenvalue weighted by Gasteiger charge is 2.30. The van der Waals surface area contributed by atoms with Gasteiger partial charge in [0.05, 0.1) is 0 Å². The Morgan fingerprint density at radius 3 is 2.57 bits per heavy atom. The van der Waals surface area contributed by atoms with Crippen LogP contribution in [0.1, 0.15) is 44.3 Å². The van der Waals surface area contributed by atoms with Crippen molar-refractivity contribution in [1.29, 1.82) is 0 Å². The van der Waals surface area contributed by atoms with E-state index in [0.29, 0.717) is 38.6 Å².